The summed E-state index contributed by atoms with van der Waals surface area (Å²) < 4.78 is 42.0. The molecule has 1 fully saturated rings. The highest BCUT2D eigenvalue weighted by Gasteiger charge is 2.28. The third kappa shape index (κ3) is 4.48. The molecule has 0 bridgehead atoms. The first-order valence-electron chi connectivity index (χ1n) is 9.90. The average Bonchev–Trinajstić information content (AvgIpc) is 3.24. The number of rotatable bonds is 6. The van der Waals surface area contributed by atoms with Crippen molar-refractivity contribution in [2.75, 3.05) is 62.1 Å². The zero-order valence-electron chi connectivity index (χ0n) is 17.5. The molecule has 2 aromatic rings. The van der Waals surface area contributed by atoms with Crippen LogP contribution in [0.5, 0.6) is 17.2 Å². The van der Waals surface area contributed by atoms with Crippen molar-refractivity contribution in [2.45, 2.75) is 0 Å². The second-order valence-electron chi connectivity index (χ2n) is 7.35. The lowest BCUT2D eigenvalue weighted by Crippen LogP contribution is -2.52. The normalized spacial score (nSPS) is 15.7. The van der Waals surface area contributed by atoms with Gasteiger partial charge < -0.3 is 24.0 Å². The molecule has 0 spiro atoms. The Labute approximate surface area is 181 Å². The standard InChI is InChI=1S/C21H25N3O6S/c1-28-18-6-4-3-5-17(18)22-9-11-23(12-10-22)21(25)14-24(31(2,26)27)16-7-8-19-20(13-16)30-15-29-19/h3-8,13H,9-12,14-15H2,1-2H3. The first kappa shape index (κ1) is 21.1. The van der Waals surface area contributed by atoms with Crippen LogP contribution in [0.1, 0.15) is 0 Å². The predicted octanol–water partition coefficient (Wildman–Crippen LogP) is 1.54. The molecule has 1 saturated heterocycles. The quantitative estimate of drug-likeness (QED) is 0.664. The lowest BCUT2D eigenvalue weighted by atomic mass is 10.2. The molecule has 2 heterocycles. The number of anilines is 2. The van der Waals surface area contributed by atoms with Crippen LogP contribution in [0, 0.1) is 0 Å². The summed E-state index contributed by atoms with van der Waals surface area (Å²) in [4.78, 5) is 16.8. The van der Waals surface area contributed by atoms with Gasteiger partial charge in [0.1, 0.15) is 12.3 Å². The number of hydrogen-bond donors (Lipinski definition) is 0. The van der Waals surface area contributed by atoms with Crippen molar-refractivity contribution in [1.29, 1.82) is 0 Å². The molecule has 10 heteroatoms. The molecule has 0 saturated carbocycles. The van der Waals surface area contributed by atoms with E-state index in [4.69, 9.17) is 14.2 Å². The van der Waals surface area contributed by atoms with Gasteiger partial charge in [0.2, 0.25) is 22.7 Å². The van der Waals surface area contributed by atoms with Gasteiger partial charge in [0.25, 0.3) is 0 Å². The van der Waals surface area contributed by atoms with E-state index in [1.54, 1.807) is 30.2 Å². The van der Waals surface area contributed by atoms with Gasteiger partial charge in [-0.1, -0.05) is 12.1 Å². The largest absolute Gasteiger partial charge is 0.495 e. The monoisotopic (exact) mass is 447 g/mol. The first-order valence-corrected chi connectivity index (χ1v) is 11.7. The number of nitrogens with zero attached hydrogens (tertiary/aromatic N) is 3. The summed E-state index contributed by atoms with van der Waals surface area (Å²) in [6, 6.07) is 12.6. The number of ether oxygens (including phenoxy) is 3. The Morgan fingerprint density at radius 1 is 1.06 bits per heavy atom. The molecule has 1 amide bonds. The van der Waals surface area contributed by atoms with Gasteiger partial charge in [-0.2, -0.15) is 0 Å². The van der Waals surface area contributed by atoms with Crippen LogP contribution in [0.15, 0.2) is 42.5 Å². The van der Waals surface area contributed by atoms with Crippen LogP contribution >= 0.6 is 0 Å². The van der Waals surface area contributed by atoms with Crippen molar-refractivity contribution in [3.63, 3.8) is 0 Å². The maximum Gasteiger partial charge on any atom is 0.243 e. The number of para-hydroxylation sites is 2. The molecule has 4 rings (SSSR count). The second-order valence-corrected chi connectivity index (χ2v) is 9.25. The van der Waals surface area contributed by atoms with Gasteiger partial charge in [-0.15, -0.1) is 0 Å². The summed E-state index contributed by atoms with van der Waals surface area (Å²) >= 11 is 0. The summed E-state index contributed by atoms with van der Waals surface area (Å²) in [5, 5.41) is 0. The van der Waals surface area contributed by atoms with Crippen molar-refractivity contribution >= 4 is 27.3 Å². The molecule has 0 unspecified atom stereocenters. The van der Waals surface area contributed by atoms with Gasteiger partial charge in [0.05, 0.1) is 24.7 Å². The first-order chi connectivity index (χ1) is 14.9. The van der Waals surface area contributed by atoms with E-state index in [2.05, 4.69) is 4.90 Å². The predicted molar refractivity (Wildman–Crippen MR) is 117 cm³/mol. The van der Waals surface area contributed by atoms with Crippen LogP contribution in [0.3, 0.4) is 0 Å². The van der Waals surface area contributed by atoms with Gasteiger partial charge in [-0.05, 0) is 24.3 Å². The fourth-order valence-electron chi connectivity index (χ4n) is 3.75. The van der Waals surface area contributed by atoms with E-state index in [0.29, 0.717) is 43.4 Å². The van der Waals surface area contributed by atoms with Crippen molar-refractivity contribution in [3.8, 4) is 17.2 Å². The zero-order chi connectivity index (χ0) is 22.0. The average molecular weight is 448 g/mol. The third-order valence-corrected chi connectivity index (χ3v) is 6.52. The molecule has 2 aliphatic heterocycles. The molecule has 0 aliphatic carbocycles. The fourth-order valence-corrected chi connectivity index (χ4v) is 4.59. The van der Waals surface area contributed by atoms with E-state index < -0.39 is 10.0 Å². The molecule has 0 aromatic heterocycles. The number of sulfonamides is 1. The van der Waals surface area contributed by atoms with Crippen molar-refractivity contribution in [1.82, 2.24) is 4.90 Å². The topological polar surface area (TPSA) is 88.6 Å². The van der Waals surface area contributed by atoms with Crippen molar-refractivity contribution in [3.05, 3.63) is 42.5 Å². The molecular formula is C21H25N3O6S. The van der Waals surface area contributed by atoms with Crippen molar-refractivity contribution in [2.24, 2.45) is 0 Å². The highest BCUT2D eigenvalue weighted by molar-refractivity contribution is 7.92. The van der Waals surface area contributed by atoms with Gasteiger partial charge >= 0.3 is 0 Å². The Morgan fingerprint density at radius 2 is 1.77 bits per heavy atom. The Balaban J connectivity index is 1.44. The van der Waals surface area contributed by atoms with E-state index >= 15 is 0 Å². The van der Waals surface area contributed by atoms with Gasteiger partial charge in [0, 0.05) is 32.2 Å². The Morgan fingerprint density at radius 3 is 2.48 bits per heavy atom. The summed E-state index contributed by atoms with van der Waals surface area (Å²) in [7, 11) is -2.04. The minimum absolute atomic E-state index is 0.0903. The minimum Gasteiger partial charge on any atom is -0.495 e. The van der Waals surface area contributed by atoms with Crippen LogP contribution in [-0.2, 0) is 14.8 Å². The zero-order valence-corrected chi connectivity index (χ0v) is 18.3. The molecule has 31 heavy (non-hydrogen) atoms. The molecule has 2 aliphatic rings. The number of carbonyl (C=O) groups is 1. The number of benzene rings is 2. The third-order valence-electron chi connectivity index (χ3n) is 5.38. The molecule has 166 valence electrons. The SMILES string of the molecule is COc1ccccc1N1CCN(C(=O)CN(c2ccc3c(c2)OCO3)S(C)(=O)=O)CC1. The number of hydrogen-bond acceptors (Lipinski definition) is 7. The number of methoxy groups -OCH3 is 1. The minimum atomic E-state index is -3.67. The smallest absolute Gasteiger partial charge is 0.243 e. The van der Waals surface area contributed by atoms with Gasteiger partial charge in [0.15, 0.2) is 11.5 Å². The summed E-state index contributed by atoms with van der Waals surface area (Å²) in [6.45, 7) is 2.08. The molecule has 9 nitrogen and oxygen atoms in total. The molecule has 0 radical (unpaired) electrons. The fraction of sp³-hybridized carbons (Fsp3) is 0.381. The lowest BCUT2D eigenvalue weighted by molar-refractivity contribution is -0.129. The van der Waals surface area contributed by atoms with E-state index in [1.165, 1.54) is 0 Å². The number of piperazine rings is 1. The van der Waals surface area contributed by atoms with Crippen LogP contribution in [-0.4, -0.2) is 72.1 Å². The summed E-state index contributed by atoms with van der Waals surface area (Å²) in [5.74, 6) is 1.55. The van der Waals surface area contributed by atoms with Gasteiger partial charge in [-0.25, -0.2) is 8.42 Å². The summed E-state index contributed by atoms with van der Waals surface area (Å²) in [6.07, 6.45) is 1.09. The number of carbonyl (C=O) groups excluding carboxylic acids is 1. The van der Waals surface area contributed by atoms with Gasteiger partial charge in [-0.3, -0.25) is 9.10 Å². The summed E-state index contributed by atoms with van der Waals surface area (Å²) in [5.41, 5.74) is 1.35. The second kappa shape index (κ2) is 8.54. The lowest BCUT2D eigenvalue weighted by Gasteiger charge is -2.37. The highest BCUT2D eigenvalue weighted by Crippen LogP contribution is 2.36. The van der Waals surface area contributed by atoms with Crippen LogP contribution in [0.25, 0.3) is 0 Å². The van der Waals surface area contributed by atoms with E-state index in [9.17, 15) is 13.2 Å². The van der Waals surface area contributed by atoms with E-state index in [-0.39, 0.29) is 19.2 Å². The molecule has 0 N–H and O–H groups in total. The van der Waals surface area contributed by atoms with E-state index in [0.717, 1.165) is 22.0 Å². The Bertz CT molecular complexity index is 1070. The maximum absolute atomic E-state index is 12.9. The van der Waals surface area contributed by atoms with Crippen LogP contribution in [0.4, 0.5) is 11.4 Å². The molecule has 0 atom stereocenters. The number of fused-ring (bicyclic) bond motifs is 1. The van der Waals surface area contributed by atoms with E-state index in [1.807, 2.05) is 24.3 Å². The van der Waals surface area contributed by atoms with Crippen LogP contribution in [0.2, 0.25) is 0 Å². The number of amides is 1. The Kier molecular flexibility index (Phi) is 5.81. The molecular weight excluding hydrogens is 422 g/mol. The molecule has 2 aromatic carbocycles. The highest BCUT2D eigenvalue weighted by atomic mass is 32.2. The Hall–Kier alpha value is -3.14. The van der Waals surface area contributed by atoms with Crippen LogP contribution < -0.4 is 23.4 Å². The van der Waals surface area contributed by atoms with Crippen molar-refractivity contribution < 1.29 is 27.4 Å². The maximum atomic E-state index is 12.9.